The van der Waals surface area contributed by atoms with Gasteiger partial charge in [-0.3, -0.25) is 4.79 Å². The molecule has 0 unspecified atom stereocenters. The highest BCUT2D eigenvalue weighted by molar-refractivity contribution is 5.95. The topological polar surface area (TPSA) is 63.8 Å². The molecular formula is C15H13N3O2. The number of nitrogen functional groups attached to an aromatic ring is 1. The Morgan fingerprint density at radius 2 is 2.30 bits per heavy atom. The number of hydrogen-bond acceptors (Lipinski definition) is 3. The Hall–Kier alpha value is -2.74. The van der Waals surface area contributed by atoms with Crippen molar-refractivity contribution in [1.82, 2.24) is 0 Å². The van der Waals surface area contributed by atoms with Gasteiger partial charge in [0.05, 0.1) is 12.8 Å². The molecule has 0 radical (unpaired) electrons. The van der Waals surface area contributed by atoms with Crippen molar-refractivity contribution in [3.63, 3.8) is 0 Å². The molecule has 2 N–H and O–H groups in total. The van der Waals surface area contributed by atoms with E-state index in [2.05, 4.69) is 4.85 Å². The van der Waals surface area contributed by atoms with Crippen molar-refractivity contribution in [3.8, 4) is 11.1 Å². The fourth-order valence-electron chi connectivity index (χ4n) is 2.58. The molecule has 2 heterocycles. The van der Waals surface area contributed by atoms with Crippen molar-refractivity contribution >= 4 is 23.2 Å². The Labute approximate surface area is 116 Å². The highest BCUT2D eigenvalue weighted by atomic mass is 16.3. The van der Waals surface area contributed by atoms with Crippen molar-refractivity contribution in [1.29, 1.82) is 0 Å². The van der Waals surface area contributed by atoms with Crippen LogP contribution in [0.25, 0.3) is 16.0 Å². The summed E-state index contributed by atoms with van der Waals surface area (Å²) in [5.74, 6) is 0.187. The Morgan fingerprint density at radius 1 is 1.50 bits per heavy atom. The minimum Gasteiger partial charge on any atom is -0.460 e. The van der Waals surface area contributed by atoms with Gasteiger partial charge in [0.15, 0.2) is 5.88 Å². The van der Waals surface area contributed by atoms with E-state index in [9.17, 15) is 4.79 Å². The second-order valence-electron chi connectivity index (χ2n) is 4.74. The molecule has 1 aliphatic heterocycles. The molecule has 0 atom stereocenters. The van der Waals surface area contributed by atoms with Crippen LogP contribution >= 0.6 is 0 Å². The number of rotatable bonds is 1. The van der Waals surface area contributed by atoms with Crippen LogP contribution in [-0.4, -0.2) is 12.5 Å². The molecule has 0 spiro atoms. The van der Waals surface area contributed by atoms with Crippen molar-refractivity contribution in [2.45, 2.75) is 13.3 Å². The molecule has 0 aliphatic carbocycles. The van der Waals surface area contributed by atoms with E-state index < -0.39 is 0 Å². The summed E-state index contributed by atoms with van der Waals surface area (Å²) in [6.45, 7) is 9.44. The summed E-state index contributed by atoms with van der Waals surface area (Å²) in [5.41, 5.74) is 9.61. The quantitative estimate of drug-likeness (QED) is 0.808. The summed E-state index contributed by atoms with van der Waals surface area (Å²) in [5, 5.41) is 0. The van der Waals surface area contributed by atoms with Gasteiger partial charge in [-0.25, -0.2) is 4.85 Å². The Kier molecular flexibility index (Phi) is 2.72. The van der Waals surface area contributed by atoms with Gasteiger partial charge in [-0.05, 0) is 23.6 Å². The SMILES string of the molecule is [C-]#[N+]c1c(-c2ccc3c(c2)CCN3C(C)=O)coc1N. The lowest BCUT2D eigenvalue weighted by Gasteiger charge is -2.14. The van der Waals surface area contributed by atoms with Crippen LogP contribution in [0.2, 0.25) is 0 Å². The third-order valence-electron chi connectivity index (χ3n) is 3.57. The van der Waals surface area contributed by atoms with Crippen LogP contribution in [0.3, 0.4) is 0 Å². The average molecular weight is 267 g/mol. The van der Waals surface area contributed by atoms with Gasteiger partial charge in [-0.2, -0.15) is 0 Å². The van der Waals surface area contributed by atoms with Crippen LogP contribution in [0.4, 0.5) is 17.3 Å². The molecule has 1 aromatic heterocycles. The standard InChI is InChI=1S/C15H13N3O2/c1-9(19)18-6-5-11-7-10(3-4-13(11)18)12-8-20-15(16)14(12)17-2/h3-4,7-8H,5-6,16H2,1H3. The van der Waals surface area contributed by atoms with Gasteiger partial charge in [-0.1, -0.05) is 12.1 Å². The molecule has 0 saturated heterocycles. The number of furan rings is 1. The molecule has 1 aromatic carbocycles. The van der Waals surface area contributed by atoms with Gasteiger partial charge in [0.25, 0.3) is 5.69 Å². The molecule has 2 aromatic rings. The predicted molar refractivity (Wildman–Crippen MR) is 76.5 cm³/mol. The molecule has 20 heavy (non-hydrogen) atoms. The van der Waals surface area contributed by atoms with Crippen LogP contribution in [-0.2, 0) is 11.2 Å². The molecule has 5 nitrogen and oxygen atoms in total. The zero-order chi connectivity index (χ0) is 14.3. The summed E-state index contributed by atoms with van der Waals surface area (Å²) in [6.07, 6.45) is 2.32. The average Bonchev–Trinajstić information content (AvgIpc) is 3.00. The van der Waals surface area contributed by atoms with Gasteiger partial charge in [0, 0.05) is 24.7 Å². The van der Waals surface area contributed by atoms with Crippen LogP contribution in [0, 0.1) is 6.57 Å². The number of nitrogens with zero attached hydrogens (tertiary/aromatic N) is 2. The van der Waals surface area contributed by atoms with E-state index in [1.807, 2.05) is 18.2 Å². The maximum absolute atomic E-state index is 11.5. The molecule has 5 heteroatoms. The highest BCUT2D eigenvalue weighted by Gasteiger charge is 2.23. The van der Waals surface area contributed by atoms with Crippen molar-refractivity contribution in [2.24, 2.45) is 0 Å². The van der Waals surface area contributed by atoms with Crippen LogP contribution in [0.1, 0.15) is 12.5 Å². The molecule has 0 bridgehead atoms. The van der Waals surface area contributed by atoms with E-state index in [4.69, 9.17) is 16.7 Å². The first-order chi connectivity index (χ1) is 9.61. The van der Waals surface area contributed by atoms with E-state index in [0.717, 1.165) is 23.2 Å². The summed E-state index contributed by atoms with van der Waals surface area (Å²) in [7, 11) is 0. The van der Waals surface area contributed by atoms with Gasteiger partial charge >= 0.3 is 0 Å². The lowest BCUT2D eigenvalue weighted by molar-refractivity contribution is -0.116. The summed E-state index contributed by atoms with van der Waals surface area (Å²) >= 11 is 0. The van der Waals surface area contributed by atoms with Crippen molar-refractivity contribution < 1.29 is 9.21 Å². The van der Waals surface area contributed by atoms with Gasteiger partial charge < -0.3 is 15.1 Å². The van der Waals surface area contributed by atoms with Gasteiger partial charge in [0.2, 0.25) is 5.91 Å². The second kappa shape index (κ2) is 4.42. The molecule has 1 aliphatic rings. The third-order valence-corrected chi connectivity index (χ3v) is 3.57. The zero-order valence-electron chi connectivity index (χ0n) is 11.0. The summed E-state index contributed by atoms with van der Waals surface area (Å²) < 4.78 is 5.12. The first-order valence-electron chi connectivity index (χ1n) is 6.27. The Balaban J connectivity index is 2.07. The van der Waals surface area contributed by atoms with E-state index >= 15 is 0 Å². The second-order valence-corrected chi connectivity index (χ2v) is 4.74. The van der Waals surface area contributed by atoms with E-state index in [-0.39, 0.29) is 11.8 Å². The van der Waals surface area contributed by atoms with Gasteiger partial charge in [0.1, 0.15) is 0 Å². The van der Waals surface area contributed by atoms with Crippen LogP contribution in [0.15, 0.2) is 28.9 Å². The van der Waals surface area contributed by atoms with Crippen molar-refractivity contribution in [2.75, 3.05) is 17.2 Å². The van der Waals surface area contributed by atoms with E-state index in [1.54, 1.807) is 11.8 Å². The fraction of sp³-hybridized carbons (Fsp3) is 0.200. The summed E-state index contributed by atoms with van der Waals surface area (Å²) in [4.78, 5) is 16.7. The molecule has 1 amide bonds. The van der Waals surface area contributed by atoms with Gasteiger partial charge in [-0.15, -0.1) is 0 Å². The fourth-order valence-corrected chi connectivity index (χ4v) is 2.58. The smallest absolute Gasteiger partial charge is 0.255 e. The zero-order valence-corrected chi connectivity index (χ0v) is 11.0. The molecular weight excluding hydrogens is 254 g/mol. The number of amides is 1. The first-order valence-corrected chi connectivity index (χ1v) is 6.27. The number of hydrogen-bond donors (Lipinski definition) is 1. The maximum atomic E-state index is 11.5. The molecule has 0 fully saturated rings. The lowest BCUT2D eigenvalue weighted by Crippen LogP contribution is -2.25. The minimum atomic E-state index is 0.0471. The number of nitrogens with two attached hydrogens (primary N) is 1. The number of fused-ring (bicyclic) bond motifs is 1. The summed E-state index contributed by atoms with van der Waals surface area (Å²) in [6, 6.07) is 5.80. The highest BCUT2D eigenvalue weighted by Crippen LogP contribution is 2.39. The van der Waals surface area contributed by atoms with E-state index in [0.29, 0.717) is 17.8 Å². The van der Waals surface area contributed by atoms with Crippen LogP contribution < -0.4 is 10.6 Å². The molecule has 0 saturated carbocycles. The van der Waals surface area contributed by atoms with Crippen LogP contribution in [0.5, 0.6) is 0 Å². The molecule has 3 rings (SSSR count). The maximum Gasteiger partial charge on any atom is 0.255 e. The first kappa shape index (κ1) is 12.3. The predicted octanol–water partition coefficient (Wildman–Crippen LogP) is 2.99. The Morgan fingerprint density at radius 3 is 3.00 bits per heavy atom. The molecule has 100 valence electrons. The minimum absolute atomic E-state index is 0.0471. The Bertz CT molecular complexity index is 740. The van der Waals surface area contributed by atoms with Crippen molar-refractivity contribution in [3.05, 3.63) is 41.4 Å². The number of carbonyl (C=O) groups excluding carboxylic acids is 1. The number of carbonyl (C=O) groups is 1. The monoisotopic (exact) mass is 267 g/mol. The number of anilines is 2. The third kappa shape index (κ3) is 1.74. The van der Waals surface area contributed by atoms with E-state index in [1.165, 1.54) is 6.26 Å². The lowest BCUT2D eigenvalue weighted by atomic mass is 10.0. The largest absolute Gasteiger partial charge is 0.460 e. The number of benzene rings is 1. The normalized spacial score (nSPS) is 13.1.